The third-order valence-corrected chi connectivity index (χ3v) is 5.33. The molecule has 1 N–H and O–H groups in total. The molecule has 0 radical (unpaired) electrons. The van der Waals surface area contributed by atoms with Crippen LogP contribution in [0.1, 0.15) is 19.3 Å². The number of benzene rings is 1. The van der Waals surface area contributed by atoms with Gasteiger partial charge >= 0.3 is 0 Å². The number of anilines is 1. The van der Waals surface area contributed by atoms with Gasteiger partial charge in [0.05, 0.1) is 25.5 Å². The summed E-state index contributed by atoms with van der Waals surface area (Å²) in [6, 6.07) is 6.86. The number of nitrogens with zero attached hydrogens (tertiary/aromatic N) is 2. The molecule has 2 unspecified atom stereocenters. The van der Waals surface area contributed by atoms with Crippen LogP contribution in [0.4, 0.5) is 5.69 Å². The zero-order chi connectivity index (χ0) is 21.0. The molecule has 4 amide bonds. The molecular formula is C21H25N3O5. The van der Waals surface area contributed by atoms with E-state index in [9.17, 15) is 19.2 Å². The normalized spacial score (nSPS) is 20.4. The molecule has 1 fully saturated rings. The number of methoxy groups -OCH3 is 1. The lowest BCUT2D eigenvalue weighted by molar-refractivity contribution is -0.141. The quantitative estimate of drug-likeness (QED) is 0.553. The van der Waals surface area contributed by atoms with Gasteiger partial charge in [0.15, 0.2) is 0 Å². The van der Waals surface area contributed by atoms with E-state index in [4.69, 9.17) is 4.74 Å². The SMILES string of the molecule is COc1ccc(NC(=O)CN(C)C(=O)CCN2C(=O)C3CC=CCC3C2=O)cc1. The van der Waals surface area contributed by atoms with Crippen LogP contribution in [0.3, 0.4) is 0 Å². The Kier molecular flexibility index (Phi) is 6.31. The standard InChI is InChI=1S/C21H25N3O5/c1-23(13-18(25)22-14-7-9-15(29-2)10-8-14)19(26)11-12-24-20(27)16-5-3-4-6-17(16)21(24)28/h3-4,7-10,16-17H,5-6,11-13H2,1-2H3,(H,22,25). The molecule has 0 bridgehead atoms. The molecule has 154 valence electrons. The monoisotopic (exact) mass is 399 g/mol. The van der Waals surface area contributed by atoms with Crippen molar-refractivity contribution in [3.8, 4) is 5.75 Å². The van der Waals surface area contributed by atoms with Crippen molar-refractivity contribution in [1.82, 2.24) is 9.80 Å². The van der Waals surface area contributed by atoms with Crippen molar-refractivity contribution < 1.29 is 23.9 Å². The maximum absolute atomic E-state index is 12.4. The van der Waals surface area contributed by atoms with E-state index in [1.54, 1.807) is 31.4 Å². The summed E-state index contributed by atoms with van der Waals surface area (Å²) in [5.41, 5.74) is 0.598. The maximum Gasteiger partial charge on any atom is 0.243 e. The summed E-state index contributed by atoms with van der Waals surface area (Å²) in [6.45, 7) is -0.0735. The number of hydrogen-bond donors (Lipinski definition) is 1. The second-order valence-electron chi connectivity index (χ2n) is 7.26. The Balaban J connectivity index is 1.47. The van der Waals surface area contributed by atoms with Gasteiger partial charge < -0.3 is 15.0 Å². The lowest BCUT2D eigenvalue weighted by Gasteiger charge is -2.19. The molecule has 1 aromatic rings. The number of imide groups is 1. The van der Waals surface area contributed by atoms with Crippen molar-refractivity contribution in [3.63, 3.8) is 0 Å². The number of likely N-dealkylation sites (N-methyl/N-ethyl adjacent to an activating group) is 1. The van der Waals surface area contributed by atoms with Crippen molar-refractivity contribution in [1.29, 1.82) is 0 Å². The first-order valence-electron chi connectivity index (χ1n) is 9.58. The van der Waals surface area contributed by atoms with Crippen molar-refractivity contribution in [2.45, 2.75) is 19.3 Å². The summed E-state index contributed by atoms with van der Waals surface area (Å²) < 4.78 is 5.06. The molecule has 1 aromatic carbocycles. The molecule has 0 aromatic heterocycles. The van der Waals surface area contributed by atoms with Gasteiger partial charge in [-0.1, -0.05) is 12.2 Å². The number of carbonyl (C=O) groups is 4. The molecule has 29 heavy (non-hydrogen) atoms. The van der Waals surface area contributed by atoms with Gasteiger partial charge in [-0.25, -0.2) is 0 Å². The highest BCUT2D eigenvalue weighted by atomic mass is 16.5. The predicted molar refractivity (Wildman–Crippen MR) is 106 cm³/mol. The lowest BCUT2D eigenvalue weighted by Crippen LogP contribution is -2.38. The number of carbonyl (C=O) groups excluding carboxylic acids is 4. The van der Waals surface area contributed by atoms with Crippen LogP contribution in [-0.4, -0.2) is 60.7 Å². The average Bonchev–Trinajstić information content (AvgIpc) is 2.97. The molecule has 1 saturated heterocycles. The highest BCUT2D eigenvalue weighted by Gasteiger charge is 2.46. The Bertz CT molecular complexity index is 807. The summed E-state index contributed by atoms with van der Waals surface area (Å²) in [5, 5.41) is 2.71. The third-order valence-electron chi connectivity index (χ3n) is 5.33. The van der Waals surface area contributed by atoms with Gasteiger partial charge in [0.1, 0.15) is 5.75 Å². The number of allylic oxidation sites excluding steroid dienone is 2. The summed E-state index contributed by atoms with van der Waals surface area (Å²) in [4.78, 5) is 51.9. The molecule has 8 nitrogen and oxygen atoms in total. The minimum absolute atomic E-state index is 0.00331. The van der Waals surface area contributed by atoms with E-state index in [0.717, 1.165) is 0 Å². The molecular weight excluding hydrogens is 374 g/mol. The predicted octanol–water partition coefficient (Wildman–Crippen LogP) is 1.43. The zero-order valence-electron chi connectivity index (χ0n) is 16.6. The van der Waals surface area contributed by atoms with Crippen molar-refractivity contribution in [2.24, 2.45) is 11.8 Å². The third kappa shape index (κ3) is 4.64. The van der Waals surface area contributed by atoms with Crippen LogP contribution in [-0.2, 0) is 19.2 Å². The van der Waals surface area contributed by atoms with Crippen LogP contribution in [0.25, 0.3) is 0 Å². The van der Waals surface area contributed by atoms with E-state index in [2.05, 4.69) is 5.32 Å². The van der Waals surface area contributed by atoms with E-state index >= 15 is 0 Å². The summed E-state index contributed by atoms with van der Waals surface area (Å²) in [7, 11) is 3.08. The molecule has 2 aliphatic rings. The molecule has 0 saturated carbocycles. The molecule has 1 heterocycles. The largest absolute Gasteiger partial charge is 0.497 e. The summed E-state index contributed by atoms with van der Waals surface area (Å²) >= 11 is 0. The Hall–Kier alpha value is -3.16. The number of rotatable bonds is 7. The molecule has 2 atom stereocenters. The first kappa shape index (κ1) is 20.6. The van der Waals surface area contributed by atoms with Crippen LogP contribution < -0.4 is 10.1 Å². The summed E-state index contributed by atoms with van der Waals surface area (Å²) in [5.74, 6) is -0.947. The van der Waals surface area contributed by atoms with Gasteiger partial charge in [-0.05, 0) is 37.1 Å². The topological polar surface area (TPSA) is 96.0 Å². The van der Waals surface area contributed by atoms with Gasteiger partial charge in [0.25, 0.3) is 0 Å². The van der Waals surface area contributed by atoms with Crippen molar-refractivity contribution in [2.75, 3.05) is 32.6 Å². The Morgan fingerprint density at radius 1 is 1.10 bits per heavy atom. The van der Waals surface area contributed by atoms with Crippen LogP contribution >= 0.6 is 0 Å². The van der Waals surface area contributed by atoms with E-state index < -0.39 is 0 Å². The van der Waals surface area contributed by atoms with Crippen LogP contribution in [0.15, 0.2) is 36.4 Å². The molecule has 8 heteroatoms. The Labute approximate surface area is 169 Å². The van der Waals surface area contributed by atoms with Crippen LogP contribution in [0.2, 0.25) is 0 Å². The fourth-order valence-electron chi connectivity index (χ4n) is 3.67. The highest BCUT2D eigenvalue weighted by Crippen LogP contribution is 2.35. The number of nitrogens with one attached hydrogen (secondary N) is 1. The van der Waals surface area contributed by atoms with Crippen LogP contribution in [0.5, 0.6) is 5.75 Å². The maximum atomic E-state index is 12.4. The number of ether oxygens (including phenoxy) is 1. The van der Waals surface area contributed by atoms with Gasteiger partial charge in [-0.15, -0.1) is 0 Å². The lowest BCUT2D eigenvalue weighted by atomic mass is 9.85. The first-order chi connectivity index (χ1) is 13.9. The van der Waals surface area contributed by atoms with E-state index in [0.29, 0.717) is 24.3 Å². The Morgan fingerprint density at radius 2 is 1.69 bits per heavy atom. The smallest absolute Gasteiger partial charge is 0.243 e. The second-order valence-corrected chi connectivity index (χ2v) is 7.26. The fraction of sp³-hybridized carbons (Fsp3) is 0.429. The number of likely N-dealkylation sites (tertiary alicyclic amines) is 1. The number of fused-ring (bicyclic) bond motifs is 1. The van der Waals surface area contributed by atoms with Gasteiger partial charge in [-0.3, -0.25) is 24.1 Å². The zero-order valence-corrected chi connectivity index (χ0v) is 16.6. The number of amides is 4. The van der Waals surface area contributed by atoms with Gasteiger partial charge in [-0.2, -0.15) is 0 Å². The molecule has 3 rings (SSSR count). The minimum Gasteiger partial charge on any atom is -0.497 e. The van der Waals surface area contributed by atoms with Gasteiger partial charge in [0.2, 0.25) is 23.6 Å². The molecule has 1 aliphatic heterocycles. The average molecular weight is 399 g/mol. The van der Waals surface area contributed by atoms with E-state index in [-0.39, 0.29) is 55.0 Å². The summed E-state index contributed by atoms with van der Waals surface area (Å²) in [6.07, 6.45) is 5.00. The highest BCUT2D eigenvalue weighted by molar-refractivity contribution is 6.05. The minimum atomic E-state index is -0.337. The number of hydrogen-bond acceptors (Lipinski definition) is 5. The van der Waals surface area contributed by atoms with E-state index in [1.807, 2.05) is 12.2 Å². The Morgan fingerprint density at radius 3 is 2.24 bits per heavy atom. The first-order valence-corrected chi connectivity index (χ1v) is 9.58. The van der Waals surface area contributed by atoms with E-state index in [1.165, 1.54) is 16.8 Å². The molecule has 1 aliphatic carbocycles. The van der Waals surface area contributed by atoms with Gasteiger partial charge in [0, 0.05) is 25.7 Å². The van der Waals surface area contributed by atoms with Crippen molar-refractivity contribution in [3.05, 3.63) is 36.4 Å². The molecule has 0 spiro atoms. The van der Waals surface area contributed by atoms with Crippen LogP contribution in [0, 0.1) is 11.8 Å². The fourth-order valence-corrected chi connectivity index (χ4v) is 3.67. The van der Waals surface area contributed by atoms with Crippen molar-refractivity contribution >= 4 is 29.3 Å². The second kappa shape index (κ2) is 8.89.